The molecule has 27 nitrogen and oxygen atoms in total. The molecule has 0 spiro atoms. The molecule has 13 amide bonds. The Balaban J connectivity index is 1.17. The molecule has 2 aromatic rings. The highest BCUT2D eigenvalue weighted by Gasteiger charge is 2.43. The van der Waals surface area contributed by atoms with E-state index in [9.17, 15) is 62.6 Å². The van der Waals surface area contributed by atoms with Gasteiger partial charge in [0.05, 0.1) is 12.1 Å². The molecule has 3 aliphatic heterocycles. The van der Waals surface area contributed by atoms with E-state index in [0.717, 1.165) is 29.5 Å². The number of nitrogens with one attached hydrogen (secondary N) is 11. The maximum atomic E-state index is 14.5. The maximum Gasteiger partial charge on any atom is 0.315 e. The molecule has 10 atom stereocenters. The highest BCUT2D eigenvalue weighted by Crippen LogP contribution is 2.33. The number of likely N-dealkylation sites (tertiary alicyclic amines) is 1. The van der Waals surface area contributed by atoms with E-state index in [1.807, 2.05) is 17.8 Å². The SMILES string of the molecule is C[C@H](NC(=O)[C@H](C)NC(=O)[C@H](CCCNC(N)=O)NC(=O)[C@H](Cc1c[nH]c2ccccc12)NC(=O)[C@@H]1CCCCN1C(=O)[C@H](CCC(=O)O)NC(=O)CCl)C(=O)NC(CCCCNC(=O)CCCC[C@H]1SC[C@H]2NC(=O)N[C@H]21)C(N)=O. The summed E-state index contributed by atoms with van der Waals surface area (Å²) in [7, 11) is 0. The van der Waals surface area contributed by atoms with Crippen LogP contribution in [-0.2, 0) is 54.4 Å². The Bertz CT molecular complexity index is 2590. The lowest BCUT2D eigenvalue weighted by Gasteiger charge is -2.37. The average molecular weight is 1170 g/mol. The van der Waals surface area contributed by atoms with Crippen molar-refractivity contribution in [3.8, 4) is 0 Å². The number of aromatic nitrogens is 1. The van der Waals surface area contributed by atoms with Crippen molar-refractivity contribution < 1.29 is 62.6 Å². The normalized spacial score (nSPS) is 19.6. The topological polar surface area (TPSA) is 416 Å². The highest BCUT2D eigenvalue weighted by molar-refractivity contribution is 8.00. The summed E-state index contributed by atoms with van der Waals surface area (Å²) < 4.78 is 0. The Kier molecular flexibility index (Phi) is 25.6. The van der Waals surface area contributed by atoms with E-state index in [0.29, 0.717) is 55.9 Å². The van der Waals surface area contributed by atoms with Crippen molar-refractivity contribution >= 4 is 105 Å². The number of hydrogen-bond donors (Lipinski definition) is 14. The van der Waals surface area contributed by atoms with Crippen LogP contribution in [0.2, 0.25) is 0 Å². The van der Waals surface area contributed by atoms with Gasteiger partial charge in [-0.05, 0) is 96.1 Å². The summed E-state index contributed by atoms with van der Waals surface area (Å²) in [5.74, 6) is -7.19. The number of unbranched alkanes of at least 4 members (excludes halogenated alkanes) is 2. The summed E-state index contributed by atoms with van der Waals surface area (Å²) in [6.07, 6.45) is 5.76. The number of alkyl halides is 1. The number of aliphatic carboxylic acids is 1. The third-order valence-corrected chi connectivity index (χ3v) is 16.1. The first-order chi connectivity index (χ1) is 38.6. The molecule has 4 heterocycles. The van der Waals surface area contributed by atoms with Gasteiger partial charge in [-0.3, -0.25) is 47.9 Å². The third-order valence-electron chi connectivity index (χ3n) is 14.3. The van der Waals surface area contributed by atoms with Crippen LogP contribution in [0.25, 0.3) is 10.9 Å². The fraction of sp³-hybridized carbons (Fsp3) is 0.615. The predicted octanol–water partition coefficient (Wildman–Crippen LogP) is -0.910. The monoisotopic (exact) mass is 1170 g/mol. The summed E-state index contributed by atoms with van der Waals surface area (Å²) in [5, 5.41) is 37.0. The van der Waals surface area contributed by atoms with E-state index >= 15 is 0 Å². The van der Waals surface area contributed by atoms with Crippen molar-refractivity contribution in [3.05, 3.63) is 36.0 Å². The second-order valence-electron chi connectivity index (χ2n) is 20.5. The molecule has 0 aliphatic carbocycles. The van der Waals surface area contributed by atoms with Crippen molar-refractivity contribution in [2.45, 2.75) is 170 Å². The number of hydrogen-bond acceptors (Lipinski definition) is 13. The molecule has 1 aromatic heterocycles. The van der Waals surface area contributed by atoms with Gasteiger partial charge in [0, 0.05) is 67.0 Å². The number of aromatic amines is 1. The van der Waals surface area contributed by atoms with Crippen molar-refractivity contribution in [2.24, 2.45) is 11.5 Å². The van der Waals surface area contributed by atoms with Gasteiger partial charge in [0.2, 0.25) is 53.2 Å². The molecule has 1 unspecified atom stereocenters. The van der Waals surface area contributed by atoms with Crippen molar-refractivity contribution in [1.29, 1.82) is 0 Å². The molecule has 0 bridgehead atoms. The minimum absolute atomic E-state index is 0.00947. The number of carbonyl (C=O) groups is 12. The highest BCUT2D eigenvalue weighted by atomic mass is 35.5. The number of carbonyl (C=O) groups excluding carboxylic acids is 11. The number of para-hydroxylation sites is 1. The average Bonchev–Trinajstić information content (AvgIpc) is 4.15. The first-order valence-corrected chi connectivity index (χ1v) is 29.0. The van der Waals surface area contributed by atoms with Crippen LogP contribution in [0.1, 0.15) is 109 Å². The second-order valence-corrected chi connectivity index (χ2v) is 22.0. The van der Waals surface area contributed by atoms with Crippen LogP contribution >= 0.6 is 23.4 Å². The van der Waals surface area contributed by atoms with Crippen molar-refractivity contribution in [3.63, 3.8) is 0 Å². The third kappa shape index (κ3) is 20.3. The van der Waals surface area contributed by atoms with E-state index in [1.54, 1.807) is 24.4 Å². The van der Waals surface area contributed by atoms with Gasteiger partial charge in [-0.15, -0.1) is 11.6 Å². The van der Waals surface area contributed by atoms with Crippen LogP contribution in [0.4, 0.5) is 9.59 Å². The summed E-state index contributed by atoms with van der Waals surface area (Å²) in [6.45, 7) is 3.11. The number of benzene rings is 1. The lowest BCUT2D eigenvalue weighted by Crippen LogP contribution is -2.61. The summed E-state index contributed by atoms with van der Waals surface area (Å²) in [5.41, 5.74) is 12.2. The molecule has 3 fully saturated rings. The first kappa shape index (κ1) is 64.5. The molecule has 0 saturated carbocycles. The van der Waals surface area contributed by atoms with Gasteiger partial charge in [0.1, 0.15) is 48.2 Å². The number of carboxylic acid groups (broad SMARTS) is 1. The number of fused-ring (bicyclic) bond motifs is 2. The zero-order chi connectivity index (χ0) is 59.2. The lowest BCUT2D eigenvalue weighted by atomic mass is 9.97. The number of amides is 13. The number of rotatable bonds is 33. The Morgan fingerprint density at radius 1 is 0.728 bits per heavy atom. The van der Waals surface area contributed by atoms with Gasteiger partial charge in [-0.1, -0.05) is 24.6 Å². The Hall–Kier alpha value is -7.36. The van der Waals surface area contributed by atoms with Crippen LogP contribution in [0.3, 0.4) is 0 Å². The number of halogens is 1. The van der Waals surface area contributed by atoms with Gasteiger partial charge < -0.3 is 79.6 Å². The number of nitrogens with zero attached hydrogens (tertiary/aromatic N) is 1. The van der Waals surface area contributed by atoms with Crippen LogP contribution in [0.5, 0.6) is 0 Å². The number of urea groups is 2. The smallest absolute Gasteiger partial charge is 0.315 e. The predicted molar refractivity (Wildman–Crippen MR) is 299 cm³/mol. The summed E-state index contributed by atoms with van der Waals surface area (Å²) in [6, 6.07) is -2.40. The van der Waals surface area contributed by atoms with Gasteiger partial charge in [-0.2, -0.15) is 11.8 Å². The molecule has 16 N–H and O–H groups in total. The maximum absolute atomic E-state index is 14.5. The molecular weight excluding hydrogens is 1100 g/mol. The van der Waals surface area contributed by atoms with E-state index < -0.39 is 114 Å². The van der Waals surface area contributed by atoms with Gasteiger partial charge in [0.15, 0.2) is 0 Å². The van der Waals surface area contributed by atoms with E-state index in [-0.39, 0.29) is 75.6 Å². The molecule has 29 heteroatoms. The standard InChI is InChI=1S/C52H77ClN14O13S/c1-28(45(73)59-29(2)46(74)62-33(44(54)72)14-7-9-21-56-40(68)18-6-5-17-39-43-37(27-81-39)65-52(80)66-43)60-47(75)34(15-11-22-57-51(55)79)63-48(76)36(24-30-26-58-32-13-4-3-12-31(30)32)64-49(77)38-16-8-10-23-67(38)50(78)35(19-20-42(70)71)61-41(69)25-53/h3-4,12-13,26,28-29,33-39,43,58H,5-11,14-25,27H2,1-2H3,(H2,54,72)(H,56,68)(H,59,73)(H,60,75)(H,61,69)(H,62,74)(H,63,76)(H,64,77)(H,70,71)(H3,55,57,79)(H2,65,66,80)/t28-,29-,33?,34-,35-,36-,37+,38-,39+,43+/m0/s1. The first-order valence-electron chi connectivity index (χ1n) is 27.4. The second kappa shape index (κ2) is 32.2. The molecule has 81 heavy (non-hydrogen) atoms. The molecule has 1 aromatic carbocycles. The minimum atomic E-state index is -1.39. The Labute approximate surface area is 477 Å². The molecule has 3 aliphatic rings. The molecule has 3 saturated heterocycles. The van der Waals surface area contributed by atoms with E-state index in [4.69, 9.17) is 23.1 Å². The largest absolute Gasteiger partial charge is 0.481 e. The van der Waals surface area contributed by atoms with Gasteiger partial charge in [-0.25, -0.2) is 9.59 Å². The molecular formula is C52H77ClN14O13S. The van der Waals surface area contributed by atoms with Crippen LogP contribution in [0.15, 0.2) is 30.5 Å². The van der Waals surface area contributed by atoms with E-state index in [2.05, 4.69) is 58.2 Å². The Morgan fingerprint density at radius 3 is 2.12 bits per heavy atom. The zero-order valence-electron chi connectivity index (χ0n) is 45.5. The minimum Gasteiger partial charge on any atom is -0.481 e. The fourth-order valence-corrected chi connectivity index (χ4v) is 11.5. The Morgan fingerprint density at radius 2 is 1.41 bits per heavy atom. The van der Waals surface area contributed by atoms with E-state index in [1.165, 1.54) is 18.7 Å². The fourth-order valence-electron chi connectivity index (χ4n) is 9.91. The number of primary amides is 2. The number of H-pyrrole nitrogens is 1. The van der Waals surface area contributed by atoms with Crippen LogP contribution in [-0.4, -0.2) is 177 Å². The number of piperidine rings is 1. The number of nitrogens with two attached hydrogens (primary N) is 2. The molecule has 0 radical (unpaired) electrons. The van der Waals surface area contributed by atoms with Crippen molar-refractivity contribution in [2.75, 3.05) is 31.3 Å². The van der Waals surface area contributed by atoms with Crippen molar-refractivity contribution in [1.82, 2.24) is 63.1 Å². The number of carboxylic acids is 1. The van der Waals surface area contributed by atoms with Crippen LogP contribution < -0.4 is 64.6 Å². The quantitative estimate of drug-likeness (QED) is 0.0234. The zero-order valence-corrected chi connectivity index (χ0v) is 47.1. The van der Waals surface area contributed by atoms with Gasteiger partial charge >= 0.3 is 18.0 Å². The summed E-state index contributed by atoms with van der Waals surface area (Å²) in [4.78, 5) is 160. The van der Waals surface area contributed by atoms with Gasteiger partial charge in [0.25, 0.3) is 0 Å². The summed E-state index contributed by atoms with van der Waals surface area (Å²) >= 11 is 7.51. The lowest BCUT2D eigenvalue weighted by molar-refractivity contribution is -0.146. The molecule has 446 valence electrons. The number of thioether (sulfide) groups is 1. The molecule has 5 rings (SSSR count). The van der Waals surface area contributed by atoms with Crippen LogP contribution in [0, 0.1) is 0 Å².